The molecule has 0 bridgehead atoms. The minimum Gasteiger partial charge on any atom is -0.285 e. The molecule has 2 aromatic heterocycles. The predicted molar refractivity (Wildman–Crippen MR) is 180 cm³/mol. The van der Waals surface area contributed by atoms with Crippen LogP contribution in [0.3, 0.4) is 0 Å². The third-order valence-electron chi connectivity index (χ3n) is 7.98. The van der Waals surface area contributed by atoms with Gasteiger partial charge in [-0.1, -0.05) is 96.1 Å². The Labute approximate surface area is 269 Å². The molecule has 0 amide bonds. The number of rotatable bonds is 8. The molecule has 7 nitrogen and oxygen atoms in total. The predicted octanol–water partition coefficient (Wildman–Crippen LogP) is 7.56. The fourth-order valence-electron chi connectivity index (χ4n) is 5.71. The first-order chi connectivity index (χ1) is 21.9. The molecule has 6 aromatic rings. The van der Waals surface area contributed by atoms with E-state index in [0.29, 0.717) is 33.6 Å². The molecule has 4 aromatic carbocycles. The van der Waals surface area contributed by atoms with Gasteiger partial charge in [-0.05, 0) is 75.2 Å². The molecule has 9 heteroatoms. The normalized spacial score (nSPS) is 11.9. The van der Waals surface area contributed by atoms with Crippen molar-refractivity contribution in [3.05, 3.63) is 155 Å². The molecule has 0 unspecified atom stereocenters. The van der Waals surface area contributed by atoms with Crippen molar-refractivity contribution in [3.8, 4) is 22.3 Å². The molecule has 0 aliphatic carbocycles. The van der Waals surface area contributed by atoms with Gasteiger partial charge in [0.2, 0.25) is 5.78 Å². The zero-order valence-electron chi connectivity index (χ0n) is 25.8. The van der Waals surface area contributed by atoms with Crippen LogP contribution in [0, 0.1) is 27.7 Å². The van der Waals surface area contributed by atoms with Crippen LogP contribution in [0.5, 0.6) is 0 Å². The largest absolute Gasteiger partial charge is 0.285 e. The molecular formula is C37H32N2O5S2. The molecule has 0 saturated heterocycles. The van der Waals surface area contributed by atoms with E-state index in [-0.39, 0.29) is 21.2 Å². The second kappa shape index (κ2) is 11.7. The first kappa shape index (κ1) is 31.0. The summed E-state index contributed by atoms with van der Waals surface area (Å²) in [7, 11) is -8.58. The molecule has 46 heavy (non-hydrogen) atoms. The monoisotopic (exact) mass is 648 g/mol. The maximum atomic E-state index is 15.2. The van der Waals surface area contributed by atoms with Crippen molar-refractivity contribution in [2.75, 3.05) is 0 Å². The minimum absolute atomic E-state index is 0.000402. The average Bonchev–Trinajstić information content (AvgIpc) is 3.60. The van der Waals surface area contributed by atoms with E-state index >= 15 is 4.79 Å². The maximum Gasteiger partial charge on any atom is 0.268 e. The van der Waals surface area contributed by atoms with Crippen molar-refractivity contribution in [1.29, 1.82) is 0 Å². The number of ketones is 1. The standard InChI is InChI=1S/C37H32N2O5S2/c1-25-15-19-29(20-16-25)33-23-27(3)38(45(41,42)31-11-7-5-8-12-31)35(33)37(40)36-34(30-21-17-26(2)18-22-30)24-28(4)39(36)46(43,44)32-13-9-6-10-14-32/h5-24H,1-4H3. The summed E-state index contributed by atoms with van der Waals surface area (Å²) in [5.41, 5.74) is 4.28. The van der Waals surface area contributed by atoms with Crippen molar-refractivity contribution in [1.82, 2.24) is 7.94 Å². The van der Waals surface area contributed by atoms with E-state index in [2.05, 4.69) is 0 Å². The highest BCUT2D eigenvalue weighted by Gasteiger charge is 2.36. The third-order valence-corrected chi connectivity index (χ3v) is 11.6. The van der Waals surface area contributed by atoms with E-state index in [1.54, 1.807) is 62.4 Å². The van der Waals surface area contributed by atoms with Crippen LogP contribution in [0.4, 0.5) is 0 Å². The lowest BCUT2D eigenvalue weighted by Gasteiger charge is -2.17. The molecule has 2 heterocycles. The Kier molecular flexibility index (Phi) is 7.92. The van der Waals surface area contributed by atoms with Gasteiger partial charge in [0.15, 0.2) is 0 Å². The Bertz CT molecular complexity index is 2140. The Balaban J connectivity index is 1.72. The van der Waals surface area contributed by atoms with E-state index in [1.807, 2.05) is 62.4 Å². The lowest BCUT2D eigenvalue weighted by atomic mass is 9.98. The molecule has 0 fully saturated rings. The van der Waals surface area contributed by atoms with E-state index in [9.17, 15) is 16.8 Å². The Hall–Kier alpha value is -4.99. The van der Waals surface area contributed by atoms with Gasteiger partial charge in [-0.2, -0.15) is 0 Å². The van der Waals surface area contributed by atoms with Gasteiger partial charge in [-0.3, -0.25) is 4.79 Å². The molecule has 6 rings (SSSR count). The van der Waals surface area contributed by atoms with Gasteiger partial charge >= 0.3 is 0 Å². The zero-order chi connectivity index (χ0) is 32.8. The highest BCUT2D eigenvalue weighted by molar-refractivity contribution is 7.90. The van der Waals surface area contributed by atoms with Crippen LogP contribution in [0.25, 0.3) is 22.3 Å². The van der Waals surface area contributed by atoms with Crippen LogP contribution < -0.4 is 0 Å². The zero-order valence-corrected chi connectivity index (χ0v) is 27.4. The third kappa shape index (κ3) is 5.31. The lowest BCUT2D eigenvalue weighted by molar-refractivity contribution is 0.102. The highest BCUT2D eigenvalue weighted by atomic mass is 32.2. The topological polar surface area (TPSA) is 95.2 Å². The highest BCUT2D eigenvalue weighted by Crippen LogP contribution is 2.37. The summed E-state index contributed by atoms with van der Waals surface area (Å²) < 4.78 is 59.3. The van der Waals surface area contributed by atoms with Crippen LogP contribution in [0.2, 0.25) is 0 Å². The number of hydrogen-bond donors (Lipinski definition) is 0. The first-order valence-electron chi connectivity index (χ1n) is 14.7. The van der Waals surface area contributed by atoms with Gasteiger partial charge in [0.05, 0.1) is 9.79 Å². The summed E-state index contributed by atoms with van der Waals surface area (Å²) in [6.07, 6.45) is 0. The number of carbonyl (C=O) groups is 1. The van der Waals surface area contributed by atoms with Crippen molar-refractivity contribution in [3.63, 3.8) is 0 Å². The number of carbonyl (C=O) groups excluding carboxylic acids is 1. The maximum absolute atomic E-state index is 15.2. The van der Waals surface area contributed by atoms with E-state index < -0.39 is 25.8 Å². The molecule has 0 spiro atoms. The molecule has 0 aliphatic rings. The molecule has 232 valence electrons. The van der Waals surface area contributed by atoms with Gasteiger partial charge in [0.25, 0.3) is 20.0 Å². The number of aryl methyl sites for hydroxylation is 4. The second-order valence-electron chi connectivity index (χ2n) is 11.3. The summed E-state index contributed by atoms with van der Waals surface area (Å²) in [6, 6.07) is 33.9. The van der Waals surface area contributed by atoms with E-state index in [4.69, 9.17) is 0 Å². The van der Waals surface area contributed by atoms with Crippen LogP contribution in [-0.2, 0) is 20.0 Å². The van der Waals surface area contributed by atoms with Gasteiger partial charge < -0.3 is 0 Å². The first-order valence-corrected chi connectivity index (χ1v) is 17.5. The molecule has 0 atom stereocenters. The fraction of sp³-hybridized carbons (Fsp3) is 0.108. The Morgan fingerprint density at radius 2 is 0.804 bits per heavy atom. The molecule has 0 N–H and O–H groups in total. The van der Waals surface area contributed by atoms with Crippen LogP contribution in [0.1, 0.15) is 38.7 Å². The smallest absolute Gasteiger partial charge is 0.268 e. The Morgan fingerprint density at radius 3 is 1.13 bits per heavy atom. The van der Waals surface area contributed by atoms with Gasteiger partial charge in [0.1, 0.15) is 11.4 Å². The van der Waals surface area contributed by atoms with Gasteiger partial charge in [0, 0.05) is 22.5 Å². The second-order valence-corrected chi connectivity index (χ2v) is 14.9. The lowest BCUT2D eigenvalue weighted by Crippen LogP contribution is -2.25. The molecule has 0 saturated carbocycles. The fourth-order valence-corrected chi connectivity index (χ4v) is 8.84. The Morgan fingerprint density at radius 1 is 0.478 bits per heavy atom. The number of hydrogen-bond acceptors (Lipinski definition) is 5. The molecule has 0 aliphatic heterocycles. The van der Waals surface area contributed by atoms with E-state index in [0.717, 1.165) is 19.1 Å². The number of aromatic nitrogens is 2. The summed E-state index contributed by atoms with van der Waals surface area (Å²) in [6.45, 7) is 7.12. The van der Waals surface area contributed by atoms with E-state index in [1.165, 1.54) is 24.3 Å². The van der Waals surface area contributed by atoms with Crippen molar-refractivity contribution in [2.24, 2.45) is 0 Å². The SMILES string of the molecule is Cc1ccc(-c2cc(C)n(S(=O)(=O)c3ccccc3)c2C(=O)c2c(-c3ccc(C)cc3)cc(C)n2S(=O)(=O)c2ccccc2)cc1. The van der Waals surface area contributed by atoms with Gasteiger partial charge in [-0.15, -0.1) is 0 Å². The summed E-state index contributed by atoms with van der Waals surface area (Å²) in [5.74, 6) is -0.744. The summed E-state index contributed by atoms with van der Waals surface area (Å²) >= 11 is 0. The number of benzene rings is 4. The minimum atomic E-state index is -4.29. The summed E-state index contributed by atoms with van der Waals surface area (Å²) in [4.78, 5) is 15.2. The van der Waals surface area contributed by atoms with Crippen LogP contribution in [0.15, 0.2) is 131 Å². The van der Waals surface area contributed by atoms with Crippen molar-refractivity contribution < 1.29 is 21.6 Å². The van der Waals surface area contributed by atoms with Crippen molar-refractivity contribution in [2.45, 2.75) is 37.5 Å². The quantitative estimate of drug-likeness (QED) is 0.159. The molecular weight excluding hydrogens is 617 g/mol. The number of nitrogens with zero attached hydrogens (tertiary/aromatic N) is 2. The van der Waals surface area contributed by atoms with Crippen LogP contribution >= 0.6 is 0 Å². The van der Waals surface area contributed by atoms with Crippen LogP contribution in [-0.4, -0.2) is 30.6 Å². The summed E-state index contributed by atoms with van der Waals surface area (Å²) in [5, 5.41) is 0. The average molecular weight is 649 g/mol. The van der Waals surface area contributed by atoms with Gasteiger partial charge in [-0.25, -0.2) is 24.8 Å². The van der Waals surface area contributed by atoms with Crippen molar-refractivity contribution >= 4 is 25.8 Å². The molecule has 0 radical (unpaired) electrons.